The van der Waals surface area contributed by atoms with E-state index in [1.807, 2.05) is 60.7 Å². The first-order valence-corrected chi connectivity index (χ1v) is 12.0. The number of Topliss-reactive ketones (excluding diaryl/α,β-unsaturated/α-hetero) is 1. The Kier molecular flexibility index (Phi) is 8.11. The van der Waals surface area contributed by atoms with Gasteiger partial charge in [0, 0.05) is 24.0 Å². The van der Waals surface area contributed by atoms with Crippen LogP contribution in [0.1, 0.15) is 17.5 Å². The number of hydrogen-bond acceptors (Lipinski definition) is 6. The van der Waals surface area contributed by atoms with E-state index in [-0.39, 0.29) is 36.5 Å². The SMILES string of the molecule is COc1c(O)ccc(CC(=O)CC(O)Cc2ccc(O)c(OC)c2-c2ccccc2)c1-c1ccccc1. The largest absolute Gasteiger partial charge is 0.504 e. The van der Waals surface area contributed by atoms with Gasteiger partial charge in [0.15, 0.2) is 23.0 Å². The third-order valence-electron chi connectivity index (χ3n) is 6.29. The molecule has 1 atom stereocenters. The first kappa shape index (κ1) is 25.8. The Morgan fingerprint density at radius 3 is 1.65 bits per heavy atom. The van der Waals surface area contributed by atoms with Gasteiger partial charge in [-0.3, -0.25) is 4.79 Å². The zero-order valence-corrected chi connectivity index (χ0v) is 20.8. The molecule has 0 aromatic heterocycles. The predicted octanol–water partition coefficient (Wildman–Crippen LogP) is 5.55. The number of rotatable bonds is 10. The molecule has 0 saturated heterocycles. The minimum absolute atomic E-state index is 0.00499. The van der Waals surface area contributed by atoms with E-state index in [0.29, 0.717) is 28.2 Å². The summed E-state index contributed by atoms with van der Waals surface area (Å²) in [7, 11) is 2.97. The average molecular weight is 499 g/mol. The van der Waals surface area contributed by atoms with Gasteiger partial charge in [-0.2, -0.15) is 0 Å². The summed E-state index contributed by atoms with van der Waals surface area (Å²) in [6.07, 6.45) is -0.725. The van der Waals surface area contributed by atoms with Crippen LogP contribution < -0.4 is 9.47 Å². The molecule has 0 radical (unpaired) electrons. The van der Waals surface area contributed by atoms with Crippen LogP contribution in [0.5, 0.6) is 23.0 Å². The van der Waals surface area contributed by atoms with Crippen LogP contribution in [0.15, 0.2) is 84.9 Å². The number of methoxy groups -OCH3 is 2. The fraction of sp³-hybridized carbons (Fsp3) is 0.194. The second-order valence-corrected chi connectivity index (χ2v) is 8.81. The lowest BCUT2D eigenvalue weighted by atomic mass is 9.91. The number of ether oxygens (including phenoxy) is 2. The molecule has 4 rings (SSSR count). The van der Waals surface area contributed by atoms with Gasteiger partial charge in [-0.15, -0.1) is 0 Å². The van der Waals surface area contributed by atoms with Gasteiger partial charge < -0.3 is 24.8 Å². The second kappa shape index (κ2) is 11.6. The molecule has 0 spiro atoms. The molecular weight excluding hydrogens is 468 g/mol. The van der Waals surface area contributed by atoms with Crippen molar-refractivity contribution in [3.63, 3.8) is 0 Å². The number of aliphatic hydroxyl groups is 1. The maximum absolute atomic E-state index is 13.1. The van der Waals surface area contributed by atoms with Gasteiger partial charge in [0.25, 0.3) is 0 Å². The Balaban J connectivity index is 1.57. The molecule has 0 fully saturated rings. The van der Waals surface area contributed by atoms with Crippen molar-refractivity contribution in [2.75, 3.05) is 14.2 Å². The third kappa shape index (κ3) is 5.76. The lowest BCUT2D eigenvalue weighted by Crippen LogP contribution is -2.18. The number of benzene rings is 4. The molecule has 0 amide bonds. The molecule has 0 aliphatic carbocycles. The topological polar surface area (TPSA) is 96.2 Å². The first-order valence-electron chi connectivity index (χ1n) is 12.0. The molecule has 0 saturated carbocycles. The zero-order valence-electron chi connectivity index (χ0n) is 20.8. The number of carbonyl (C=O) groups is 1. The molecule has 0 aliphatic heterocycles. The molecule has 6 nitrogen and oxygen atoms in total. The Morgan fingerprint density at radius 1 is 0.703 bits per heavy atom. The van der Waals surface area contributed by atoms with Gasteiger partial charge in [0.05, 0.1) is 20.3 Å². The summed E-state index contributed by atoms with van der Waals surface area (Å²) in [5.74, 6) is 0.480. The van der Waals surface area contributed by atoms with E-state index in [9.17, 15) is 20.1 Å². The van der Waals surface area contributed by atoms with Crippen LogP contribution in [-0.4, -0.2) is 41.4 Å². The second-order valence-electron chi connectivity index (χ2n) is 8.81. The lowest BCUT2D eigenvalue weighted by molar-refractivity contribution is -0.120. The van der Waals surface area contributed by atoms with Gasteiger partial charge in [-0.05, 0) is 40.8 Å². The van der Waals surface area contributed by atoms with Crippen molar-refractivity contribution in [3.8, 4) is 45.3 Å². The summed E-state index contributed by atoms with van der Waals surface area (Å²) >= 11 is 0. The molecule has 4 aromatic rings. The van der Waals surface area contributed by atoms with Crippen LogP contribution in [-0.2, 0) is 17.6 Å². The monoisotopic (exact) mass is 498 g/mol. The van der Waals surface area contributed by atoms with E-state index in [1.165, 1.54) is 26.4 Å². The van der Waals surface area contributed by atoms with Gasteiger partial charge in [0.1, 0.15) is 5.78 Å². The average Bonchev–Trinajstić information content (AvgIpc) is 2.91. The summed E-state index contributed by atoms with van der Waals surface area (Å²) in [5, 5.41) is 31.6. The summed E-state index contributed by atoms with van der Waals surface area (Å²) in [6.45, 7) is 0. The van der Waals surface area contributed by atoms with E-state index < -0.39 is 6.10 Å². The van der Waals surface area contributed by atoms with Crippen LogP contribution in [0, 0.1) is 0 Å². The summed E-state index contributed by atoms with van der Waals surface area (Å²) in [5.41, 5.74) is 4.46. The minimum Gasteiger partial charge on any atom is -0.504 e. The number of aliphatic hydroxyl groups excluding tert-OH is 1. The Labute approximate surface area is 216 Å². The first-order chi connectivity index (χ1) is 17.9. The Morgan fingerprint density at radius 2 is 1.16 bits per heavy atom. The van der Waals surface area contributed by atoms with Gasteiger partial charge in [-0.25, -0.2) is 0 Å². The third-order valence-corrected chi connectivity index (χ3v) is 6.29. The highest BCUT2D eigenvalue weighted by Crippen LogP contribution is 2.42. The molecule has 0 bridgehead atoms. The van der Waals surface area contributed by atoms with E-state index in [0.717, 1.165) is 16.7 Å². The molecule has 4 aromatic carbocycles. The van der Waals surface area contributed by atoms with Crippen LogP contribution >= 0.6 is 0 Å². The number of phenolic OH excluding ortho intramolecular Hbond substituents is 2. The Bertz CT molecular complexity index is 1370. The summed E-state index contributed by atoms with van der Waals surface area (Å²) in [6, 6.07) is 25.4. The van der Waals surface area contributed by atoms with Crippen molar-refractivity contribution < 1.29 is 29.6 Å². The smallest absolute Gasteiger partial charge is 0.168 e. The molecule has 0 heterocycles. The number of phenols is 2. The molecule has 37 heavy (non-hydrogen) atoms. The van der Waals surface area contributed by atoms with E-state index in [2.05, 4.69) is 0 Å². The van der Waals surface area contributed by atoms with Gasteiger partial charge in [0.2, 0.25) is 0 Å². The zero-order chi connectivity index (χ0) is 26.4. The summed E-state index contributed by atoms with van der Waals surface area (Å²) < 4.78 is 10.9. The molecular formula is C31H30O6. The predicted molar refractivity (Wildman–Crippen MR) is 143 cm³/mol. The highest BCUT2D eigenvalue weighted by atomic mass is 16.5. The quantitative estimate of drug-likeness (QED) is 0.265. The number of carbonyl (C=O) groups excluding carboxylic acids is 1. The number of aromatic hydroxyl groups is 2. The van der Waals surface area contributed by atoms with Gasteiger partial charge >= 0.3 is 0 Å². The maximum Gasteiger partial charge on any atom is 0.168 e. The van der Waals surface area contributed by atoms with E-state index >= 15 is 0 Å². The molecule has 1 unspecified atom stereocenters. The highest BCUT2D eigenvalue weighted by molar-refractivity contribution is 5.86. The van der Waals surface area contributed by atoms with Crippen LogP contribution in [0.25, 0.3) is 22.3 Å². The van der Waals surface area contributed by atoms with E-state index in [1.54, 1.807) is 12.1 Å². The van der Waals surface area contributed by atoms with Crippen LogP contribution in [0.3, 0.4) is 0 Å². The normalized spacial score (nSPS) is 11.6. The minimum atomic E-state index is -0.941. The number of ketones is 1. The molecule has 0 aliphatic rings. The van der Waals surface area contributed by atoms with Crippen LogP contribution in [0.4, 0.5) is 0 Å². The molecule has 6 heteroatoms. The van der Waals surface area contributed by atoms with Crippen molar-refractivity contribution in [2.24, 2.45) is 0 Å². The fourth-order valence-electron chi connectivity index (χ4n) is 4.67. The van der Waals surface area contributed by atoms with Crippen molar-refractivity contribution in [3.05, 3.63) is 96.1 Å². The maximum atomic E-state index is 13.1. The lowest BCUT2D eigenvalue weighted by Gasteiger charge is -2.18. The standard InChI is InChI=1S/C31H30O6/c1-36-30-26(34)15-13-22(28(30)20-9-5-3-6-10-20)17-24(32)19-25(33)18-23-14-16-27(35)31(37-2)29(23)21-11-7-4-8-12-21/h3-16,24,32,34-35H,17-19H2,1-2H3. The number of hydrogen-bond donors (Lipinski definition) is 3. The fourth-order valence-corrected chi connectivity index (χ4v) is 4.67. The Hall–Kier alpha value is -4.29. The highest BCUT2D eigenvalue weighted by Gasteiger charge is 2.22. The van der Waals surface area contributed by atoms with Crippen molar-refractivity contribution in [2.45, 2.75) is 25.4 Å². The molecule has 3 N–H and O–H groups in total. The van der Waals surface area contributed by atoms with Crippen molar-refractivity contribution >= 4 is 5.78 Å². The van der Waals surface area contributed by atoms with E-state index in [4.69, 9.17) is 9.47 Å². The molecule has 190 valence electrons. The van der Waals surface area contributed by atoms with Crippen LogP contribution in [0.2, 0.25) is 0 Å². The van der Waals surface area contributed by atoms with Crippen molar-refractivity contribution in [1.82, 2.24) is 0 Å². The van der Waals surface area contributed by atoms with Crippen molar-refractivity contribution in [1.29, 1.82) is 0 Å². The summed E-state index contributed by atoms with van der Waals surface area (Å²) in [4.78, 5) is 13.1. The van der Waals surface area contributed by atoms with Gasteiger partial charge in [-0.1, -0.05) is 72.8 Å².